The molecule has 1 aromatic heterocycles. The standard InChI is InChI=1S/C13H18BrNOS/c1-2-10-6-7-12(17-10)13(16)15-8-9-4-3-5-11(9)14/h6-7,9,11H,2-5,8H2,1H3,(H,15,16). The zero-order chi connectivity index (χ0) is 12.3. The summed E-state index contributed by atoms with van der Waals surface area (Å²) in [5, 5.41) is 3.05. The molecule has 2 rings (SSSR count). The molecule has 1 fully saturated rings. The molecule has 4 heteroatoms. The lowest BCUT2D eigenvalue weighted by Gasteiger charge is -2.14. The van der Waals surface area contributed by atoms with Crippen LogP contribution in [0.2, 0.25) is 0 Å². The highest BCUT2D eigenvalue weighted by Crippen LogP contribution is 2.30. The fourth-order valence-corrected chi connectivity index (χ4v) is 3.86. The van der Waals surface area contributed by atoms with Crippen LogP contribution in [0.3, 0.4) is 0 Å². The molecule has 0 aliphatic heterocycles. The predicted molar refractivity (Wildman–Crippen MR) is 76.1 cm³/mol. The molecule has 17 heavy (non-hydrogen) atoms. The van der Waals surface area contributed by atoms with E-state index >= 15 is 0 Å². The summed E-state index contributed by atoms with van der Waals surface area (Å²) >= 11 is 5.28. The first-order chi connectivity index (χ1) is 8.20. The van der Waals surface area contributed by atoms with E-state index in [1.165, 1.54) is 24.1 Å². The Morgan fingerprint density at radius 3 is 2.94 bits per heavy atom. The Balaban J connectivity index is 1.84. The number of hydrogen-bond acceptors (Lipinski definition) is 2. The highest BCUT2D eigenvalue weighted by molar-refractivity contribution is 9.09. The first kappa shape index (κ1) is 13.1. The number of nitrogens with one attached hydrogen (secondary N) is 1. The second-order valence-corrected chi connectivity index (χ2v) is 6.88. The van der Waals surface area contributed by atoms with Crippen LogP contribution in [0.15, 0.2) is 12.1 Å². The van der Waals surface area contributed by atoms with Crippen molar-refractivity contribution in [1.82, 2.24) is 5.32 Å². The van der Waals surface area contributed by atoms with Crippen molar-refractivity contribution in [2.24, 2.45) is 5.92 Å². The van der Waals surface area contributed by atoms with Crippen molar-refractivity contribution in [1.29, 1.82) is 0 Å². The SMILES string of the molecule is CCc1ccc(C(=O)NCC2CCCC2Br)s1. The Hall–Kier alpha value is -0.350. The van der Waals surface area contributed by atoms with Crippen LogP contribution in [-0.4, -0.2) is 17.3 Å². The molecule has 1 N–H and O–H groups in total. The molecule has 0 saturated heterocycles. The molecule has 1 saturated carbocycles. The van der Waals surface area contributed by atoms with E-state index in [4.69, 9.17) is 0 Å². The Bertz CT molecular complexity index is 391. The maximum Gasteiger partial charge on any atom is 0.261 e. The lowest BCUT2D eigenvalue weighted by molar-refractivity contribution is 0.0952. The van der Waals surface area contributed by atoms with E-state index in [1.807, 2.05) is 12.1 Å². The molecule has 94 valence electrons. The minimum absolute atomic E-state index is 0.0845. The summed E-state index contributed by atoms with van der Waals surface area (Å²) in [4.78, 5) is 14.6. The van der Waals surface area contributed by atoms with E-state index in [1.54, 1.807) is 11.3 Å². The zero-order valence-corrected chi connectivity index (χ0v) is 12.4. The molecule has 0 bridgehead atoms. The van der Waals surface area contributed by atoms with Crippen LogP contribution in [-0.2, 0) is 6.42 Å². The van der Waals surface area contributed by atoms with E-state index in [0.717, 1.165) is 17.8 Å². The zero-order valence-electron chi connectivity index (χ0n) is 10.0. The van der Waals surface area contributed by atoms with Gasteiger partial charge in [-0.15, -0.1) is 11.3 Å². The number of aryl methyl sites for hydroxylation is 1. The normalized spacial score (nSPS) is 23.9. The number of alkyl halides is 1. The molecule has 1 amide bonds. The molecule has 2 unspecified atom stereocenters. The molecule has 1 aromatic rings. The molecular formula is C13H18BrNOS. The van der Waals surface area contributed by atoms with Gasteiger partial charge in [-0.2, -0.15) is 0 Å². The van der Waals surface area contributed by atoms with Crippen molar-refractivity contribution < 1.29 is 4.79 Å². The lowest BCUT2D eigenvalue weighted by atomic mass is 10.1. The van der Waals surface area contributed by atoms with Crippen LogP contribution < -0.4 is 5.32 Å². The molecule has 1 heterocycles. The van der Waals surface area contributed by atoms with Gasteiger partial charge in [-0.25, -0.2) is 0 Å². The number of halogens is 1. The quantitative estimate of drug-likeness (QED) is 0.845. The van der Waals surface area contributed by atoms with Gasteiger partial charge in [0.05, 0.1) is 4.88 Å². The van der Waals surface area contributed by atoms with Gasteiger partial charge in [0.15, 0.2) is 0 Å². The molecule has 0 spiro atoms. The highest BCUT2D eigenvalue weighted by atomic mass is 79.9. The monoisotopic (exact) mass is 315 g/mol. The van der Waals surface area contributed by atoms with E-state index in [9.17, 15) is 4.79 Å². The number of carbonyl (C=O) groups is 1. The first-order valence-electron chi connectivity index (χ1n) is 6.21. The van der Waals surface area contributed by atoms with E-state index in [2.05, 4.69) is 28.2 Å². The number of hydrogen-bond donors (Lipinski definition) is 1. The summed E-state index contributed by atoms with van der Waals surface area (Å²) in [7, 11) is 0. The lowest BCUT2D eigenvalue weighted by Crippen LogP contribution is -2.30. The van der Waals surface area contributed by atoms with Crippen molar-refractivity contribution >= 4 is 33.2 Å². The predicted octanol–water partition coefficient (Wildman–Crippen LogP) is 3.60. The average molecular weight is 316 g/mol. The Morgan fingerprint density at radius 2 is 2.35 bits per heavy atom. The molecule has 2 atom stereocenters. The summed E-state index contributed by atoms with van der Waals surface area (Å²) in [6.07, 6.45) is 4.74. The van der Waals surface area contributed by atoms with Crippen molar-refractivity contribution in [3.8, 4) is 0 Å². The summed E-state index contributed by atoms with van der Waals surface area (Å²) < 4.78 is 0. The topological polar surface area (TPSA) is 29.1 Å². The van der Waals surface area contributed by atoms with Crippen molar-refractivity contribution in [2.75, 3.05) is 6.54 Å². The van der Waals surface area contributed by atoms with Gasteiger partial charge in [0.2, 0.25) is 0 Å². The van der Waals surface area contributed by atoms with Gasteiger partial charge in [-0.05, 0) is 37.3 Å². The number of rotatable bonds is 4. The largest absolute Gasteiger partial charge is 0.351 e. The Labute approximate surface area is 115 Å². The summed E-state index contributed by atoms with van der Waals surface area (Å²) in [5.74, 6) is 0.686. The van der Waals surface area contributed by atoms with Gasteiger partial charge >= 0.3 is 0 Å². The molecule has 0 radical (unpaired) electrons. The third kappa shape index (κ3) is 3.32. The van der Waals surface area contributed by atoms with Gasteiger partial charge < -0.3 is 5.32 Å². The second kappa shape index (κ2) is 6.01. The van der Waals surface area contributed by atoms with Gasteiger partial charge in [-0.3, -0.25) is 4.79 Å². The summed E-state index contributed by atoms with van der Waals surface area (Å²) in [6.45, 7) is 2.91. The second-order valence-electron chi connectivity index (χ2n) is 4.54. The number of thiophene rings is 1. The Morgan fingerprint density at radius 1 is 1.53 bits per heavy atom. The van der Waals surface area contributed by atoms with Crippen molar-refractivity contribution in [3.63, 3.8) is 0 Å². The van der Waals surface area contributed by atoms with Gasteiger partial charge in [0.1, 0.15) is 0 Å². The fourth-order valence-electron chi connectivity index (χ4n) is 2.22. The van der Waals surface area contributed by atoms with E-state index in [0.29, 0.717) is 10.7 Å². The number of carbonyl (C=O) groups excluding carboxylic acids is 1. The van der Waals surface area contributed by atoms with Crippen LogP contribution in [0.5, 0.6) is 0 Å². The van der Waals surface area contributed by atoms with Crippen LogP contribution in [0.1, 0.15) is 40.7 Å². The molecule has 2 nitrogen and oxygen atoms in total. The van der Waals surface area contributed by atoms with Crippen LogP contribution in [0.25, 0.3) is 0 Å². The minimum atomic E-state index is 0.0845. The van der Waals surface area contributed by atoms with Crippen LogP contribution >= 0.6 is 27.3 Å². The third-order valence-corrected chi connectivity index (χ3v) is 5.76. The van der Waals surface area contributed by atoms with E-state index < -0.39 is 0 Å². The van der Waals surface area contributed by atoms with Crippen LogP contribution in [0, 0.1) is 5.92 Å². The Kier molecular flexibility index (Phi) is 4.62. The summed E-state index contributed by atoms with van der Waals surface area (Å²) in [6, 6.07) is 3.97. The van der Waals surface area contributed by atoms with Crippen LogP contribution in [0.4, 0.5) is 0 Å². The minimum Gasteiger partial charge on any atom is -0.351 e. The number of amides is 1. The third-order valence-electron chi connectivity index (χ3n) is 3.33. The molecule has 1 aliphatic carbocycles. The maximum atomic E-state index is 11.9. The van der Waals surface area contributed by atoms with E-state index in [-0.39, 0.29) is 5.91 Å². The van der Waals surface area contributed by atoms with Gasteiger partial charge in [0, 0.05) is 16.2 Å². The first-order valence-corrected chi connectivity index (χ1v) is 7.95. The summed E-state index contributed by atoms with van der Waals surface area (Å²) in [5.41, 5.74) is 0. The van der Waals surface area contributed by atoms with Gasteiger partial charge in [-0.1, -0.05) is 29.3 Å². The molecule has 1 aliphatic rings. The molecule has 0 aromatic carbocycles. The van der Waals surface area contributed by atoms with Crippen molar-refractivity contribution in [2.45, 2.75) is 37.4 Å². The smallest absolute Gasteiger partial charge is 0.261 e. The van der Waals surface area contributed by atoms with Crippen molar-refractivity contribution in [3.05, 3.63) is 21.9 Å². The average Bonchev–Trinajstić information content (AvgIpc) is 2.94. The highest BCUT2D eigenvalue weighted by Gasteiger charge is 2.25. The fraction of sp³-hybridized carbons (Fsp3) is 0.615. The van der Waals surface area contributed by atoms with Gasteiger partial charge in [0.25, 0.3) is 5.91 Å². The maximum absolute atomic E-state index is 11.9. The molecular weight excluding hydrogens is 298 g/mol.